The Morgan fingerprint density at radius 2 is 2.00 bits per heavy atom. The number of fused-ring (bicyclic) bond motifs is 2. The molecular weight excluding hydrogens is 342 g/mol. The third-order valence-corrected chi connectivity index (χ3v) is 5.51. The summed E-state index contributed by atoms with van der Waals surface area (Å²) in [6.07, 6.45) is 2.81. The van der Waals surface area contributed by atoms with E-state index < -0.39 is 5.60 Å². The predicted octanol–water partition coefficient (Wildman–Crippen LogP) is 2.89. The smallest absolute Gasteiger partial charge is 0.272 e. The van der Waals surface area contributed by atoms with Gasteiger partial charge in [0.15, 0.2) is 5.78 Å². The number of carbonyl (C=O) groups is 2. The lowest BCUT2D eigenvalue weighted by atomic mass is 9.89. The van der Waals surface area contributed by atoms with Gasteiger partial charge in [-0.15, -0.1) is 0 Å². The van der Waals surface area contributed by atoms with Crippen LogP contribution in [0.2, 0.25) is 0 Å². The molecule has 27 heavy (non-hydrogen) atoms. The molecule has 4 heterocycles. The van der Waals surface area contributed by atoms with Crippen LogP contribution < -0.4 is 4.74 Å². The van der Waals surface area contributed by atoms with Gasteiger partial charge in [-0.25, -0.2) is 4.98 Å². The van der Waals surface area contributed by atoms with E-state index in [2.05, 4.69) is 4.98 Å². The summed E-state index contributed by atoms with van der Waals surface area (Å²) in [6, 6.07) is 13.0. The third-order valence-electron chi connectivity index (χ3n) is 5.51. The first-order chi connectivity index (χ1) is 13.1. The lowest BCUT2D eigenvalue weighted by Crippen LogP contribution is -2.45. The number of hydrogen-bond donors (Lipinski definition) is 0. The van der Waals surface area contributed by atoms with Gasteiger partial charge < -0.3 is 9.64 Å². The number of para-hydroxylation sites is 1. The summed E-state index contributed by atoms with van der Waals surface area (Å²) in [4.78, 5) is 32.1. The van der Waals surface area contributed by atoms with Crippen LogP contribution in [0.3, 0.4) is 0 Å². The summed E-state index contributed by atoms with van der Waals surface area (Å²) in [5.41, 5.74) is 2.04. The van der Waals surface area contributed by atoms with Crippen LogP contribution in [0.1, 0.15) is 39.4 Å². The van der Waals surface area contributed by atoms with Crippen LogP contribution in [0.4, 0.5) is 0 Å². The Kier molecular flexibility index (Phi) is 3.37. The molecule has 1 atom stereocenters. The van der Waals surface area contributed by atoms with Crippen molar-refractivity contribution in [3.8, 4) is 5.75 Å². The Balaban J connectivity index is 1.45. The Morgan fingerprint density at radius 1 is 1.19 bits per heavy atom. The van der Waals surface area contributed by atoms with E-state index in [4.69, 9.17) is 4.74 Å². The number of aromatic nitrogens is 2. The van der Waals surface area contributed by atoms with Gasteiger partial charge >= 0.3 is 0 Å². The zero-order chi connectivity index (χ0) is 18.6. The fraction of sp³-hybridized carbons (Fsp3) is 0.286. The minimum absolute atomic E-state index is 0.0713. The van der Waals surface area contributed by atoms with Crippen molar-refractivity contribution >= 4 is 17.3 Å². The lowest BCUT2D eigenvalue weighted by Gasteiger charge is -2.34. The lowest BCUT2D eigenvalue weighted by molar-refractivity contribution is 0.0426. The average Bonchev–Trinajstić information content (AvgIpc) is 3.21. The summed E-state index contributed by atoms with van der Waals surface area (Å²) in [5, 5.41) is 0. The zero-order valence-corrected chi connectivity index (χ0v) is 15.0. The van der Waals surface area contributed by atoms with Crippen LogP contribution in [0.25, 0.3) is 5.65 Å². The van der Waals surface area contributed by atoms with E-state index in [1.54, 1.807) is 11.0 Å². The van der Waals surface area contributed by atoms with Crippen LogP contribution in [0.15, 0.2) is 48.7 Å². The quantitative estimate of drug-likeness (QED) is 0.669. The van der Waals surface area contributed by atoms with Crippen LogP contribution in [-0.4, -0.2) is 44.7 Å². The maximum atomic E-state index is 13.2. The van der Waals surface area contributed by atoms with Crippen LogP contribution in [0, 0.1) is 6.92 Å². The number of rotatable bonds is 1. The monoisotopic (exact) mass is 361 g/mol. The second-order valence-electron chi connectivity index (χ2n) is 7.33. The Morgan fingerprint density at radius 3 is 2.89 bits per heavy atom. The van der Waals surface area contributed by atoms with E-state index in [-0.39, 0.29) is 11.7 Å². The molecule has 136 valence electrons. The van der Waals surface area contributed by atoms with Crippen molar-refractivity contribution in [1.82, 2.24) is 14.3 Å². The highest BCUT2D eigenvalue weighted by Gasteiger charge is 2.47. The highest BCUT2D eigenvalue weighted by molar-refractivity contribution is 6.00. The Labute approximate surface area is 156 Å². The highest BCUT2D eigenvalue weighted by atomic mass is 16.5. The van der Waals surface area contributed by atoms with E-state index >= 15 is 0 Å². The molecular formula is C21H19N3O3. The zero-order valence-electron chi connectivity index (χ0n) is 15.0. The standard InChI is InChI=1S/C21H19N3O3/c1-14-19(24-10-5-4-8-18(24)22-14)20(26)23-11-9-21(13-23)12-16(25)15-6-2-3-7-17(15)27-21/h2-8,10H,9,11-13H2,1H3. The number of ether oxygens (including phenoxy) is 1. The number of aryl methyl sites for hydroxylation is 1. The first-order valence-electron chi connectivity index (χ1n) is 9.11. The molecule has 0 saturated carbocycles. The molecule has 5 rings (SSSR count). The van der Waals surface area contributed by atoms with Gasteiger partial charge in [0.2, 0.25) is 0 Å². The maximum Gasteiger partial charge on any atom is 0.272 e. The first kappa shape index (κ1) is 16.1. The van der Waals surface area contributed by atoms with Crippen molar-refractivity contribution in [2.75, 3.05) is 13.1 Å². The van der Waals surface area contributed by atoms with Crippen molar-refractivity contribution in [2.45, 2.75) is 25.4 Å². The van der Waals surface area contributed by atoms with Gasteiger partial charge in [-0.2, -0.15) is 0 Å². The van der Waals surface area contributed by atoms with Gasteiger partial charge in [0.1, 0.15) is 22.7 Å². The summed E-state index contributed by atoms with van der Waals surface area (Å²) < 4.78 is 8.05. The minimum Gasteiger partial charge on any atom is -0.484 e. The van der Waals surface area contributed by atoms with Crippen molar-refractivity contribution in [2.24, 2.45) is 0 Å². The molecule has 2 aromatic heterocycles. The molecule has 1 saturated heterocycles. The molecule has 1 unspecified atom stereocenters. The van der Waals surface area contributed by atoms with E-state index in [9.17, 15) is 9.59 Å². The molecule has 0 N–H and O–H groups in total. The fourth-order valence-electron chi connectivity index (χ4n) is 4.21. The number of imidazole rings is 1. The number of carbonyl (C=O) groups excluding carboxylic acids is 2. The summed E-state index contributed by atoms with van der Waals surface area (Å²) in [5.74, 6) is 0.629. The SMILES string of the molecule is Cc1nc2ccccn2c1C(=O)N1CCC2(CC(=O)c3ccccc3O2)C1. The second-order valence-corrected chi connectivity index (χ2v) is 7.33. The maximum absolute atomic E-state index is 13.2. The molecule has 0 aliphatic carbocycles. The summed E-state index contributed by atoms with van der Waals surface area (Å²) in [6.45, 7) is 2.82. The molecule has 1 aromatic carbocycles. The molecule has 1 fully saturated rings. The Bertz CT molecular complexity index is 1090. The number of benzene rings is 1. The van der Waals surface area contributed by atoms with E-state index in [0.717, 1.165) is 5.65 Å². The van der Waals surface area contributed by atoms with Gasteiger partial charge in [0, 0.05) is 19.2 Å². The van der Waals surface area contributed by atoms with E-state index in [1.807, 2.05) is 53.9 Å². The number of hydrogen-bond acceptors (Lipinski definition) is 4. The van der Waals surface area contributed by atoms with Gasteiger partial charge in [0.05, 0.1) is 24.2 Å². The molecule has 3 aromatic rings. The fourth-order valence-corrected chi connectivity index (χ4v) is 4.21. The van der Waals surface area contributed by atoms with Crippen molar-refractivity contribution in [3.63, 3.8) is 0 Å². The number of pyridine rings is 1. The molecule has 0 radical (unpaired) electrons. The van der Waals surface area contributed by atoms with E-state index in [0.29, 0.717) is 48.6 Å². The highest BCUT2D eigenvalue weighted by Crippen LogP contribution is 2.39. The first-order valence-corrected chi connectivity index (χ1v) is 9.11. The van der Waals surface area contributed by atoms with E-state index in [1.165, 1.54) is 0 Å². The van der Waals surface area contributed by atoms with Crippen molar-refractivity contribution in [3.05, 3.63) is 65.6 Å². The third kappa shape index (κ3) is 2.44. The molecule has 2 aliphatic rings. The largest absolute Gasteiger partial charge is 0.484 e. The summed E-state index contributed by atoms with van der Waals surface area (Å²) in [7, 11) is 0. The topological polar surface area (TPSA) is 63.9 Å². The predicted molar refractivity (Wildman–Crippen MR) is 99.2 cm³/mol. The number of likely N-dealkylation sites (tertiary alicyclic amines) is 1. The number of ketones is 1. The molecule has 0 bridgehead atoms. The second kappa shape index (κ2) is 5.67. The van der Waals surface area contributed by atoms with Crippen LogP contribution >= 0.6 is 0 Å². The molecule has 6 heteroatoms. The molecule has 1 amide bonds. The number of Topliss-reactive ketones (excluding diaryl/α,β-unsaturated/α-hetero) is 1. The van der Waals surface area contributed by atoms with Gasteiger partial charge in [-0.1, -0.05) is 18.2 Å². The number of nitrogens with zero attached hydrogens (tertiary/aromatic N) is 3. The van der Waals surface area contributed by atoms with Gasteiger partial charge in [0.25, 0.3) is 5.91 Å². The molecule has 2 aliphatic heterocycles. The molecule has 6 nitrogen and oxygen atoms in total. The van der Waals surface area contributed by atoms with Crippen molar-refractivity contribution < 1.29 is 14.3 Å². The normalized spacial score (nSPS) is 21.5. The van der Waals surface area contributed by atoms with Crippen LogP contribution in [0.5, 0.6) is 5.75 Å². The van der Waals surface area contributed by atoms with Gasteiger partial charge in [-0.05, 0) is 31.2 Å². The van der Waals surface area contributed by atoms with Crippen molar-refractivity contribution in [1.29, 1.82) is 0 Å². The minimum atomic E-state index is -0.629. The van der Waals surface area contributed by atoms with Crippen LogP contribution in [-0.2, 0) is 0 Å². The molecule has 1 spiro atoms. The van der Waals surface area contributed by atoms with Gasteiger partial charge in [-0.3, -0.25) is 14.0 Å². The average molecular weight is 361 g/mol. The Hall–Kier alpha value is -3.15. The number of amides is 1. The summed E-state index contributed by atoms with van der Waals surface area (Å²) >= 11 is 0.